The first-order chi connectivity index (χ1) is 13.7. The van der Waals surface area contributed by atoms with E-state index in [9.17, 15) is 4.79 Å². The van der Waals surface area contributed by atoms with Gasteiger partial charge in [-0.15, -0.1) is 0 Å². The van der Waals surface area contributed by atoms with Crippen LogP contribution in [0.3, 0.4) is 0 Å². The van der Waals surface area contributed by atoms with Gasteiger partial charge in [-0.05, 0) is 42.2 Å². The molecule has 0 radical (unpaired) electrons. The smallest absolute Gasteiger partial charge is 0.226 e. The Labute approximate surface area is 165 Å². The monoisotopic (exact) mass is 382 g/mol. The summed E-state index contributed by atoms with van der Waals surface area (Å²) in [5.41, 5.74) is 2.05. The molecule has 0 bridgehead atoms. The Bertz CT molecular complexity index is 801. The van der Waals surface area contributed by atoms with Gasteiger partial charge in [0.05, 0.1) is 20.3 Å². The van der Waals surface area contributed by atoms with Crippen LogP contribution >= 0.6 is 0 Å². The summed E-state index contributed by atoms with van der Waals surface area (Å²) in [5.74, 6) is 1.79. The Hall–Kier alpha value is -2.60. The number of carbonyl (C=O) groups excluding carboxylic acids is 1. The average Bonchev–Trinajstić information content (AvgIpc) is 3.45. The van der Waals surface area contributed by atoms with Crippen LogP contribution in [0, 0.1) is 5.92 Å². The van der Waals surface area contributed by atoms with Crippen LogP contribution in [-0.2, 0) is 22.6 Å². The van der Waals surface area contributed by atoms with E-state index in [0.29, 0.717) is 31.2 Å². The minimum absolute atomic E-state index is 0.0678. The highest BCUT2D eigenvalue weighted by Gasteiger charge is 2.33. The van der Waals surface area contributed by atoms with Crippen LogP contribution in [0.1, 0.15) is 30.4 Å². The minimum Gasteiger partial charge on any atom is -0.493 e. The standard InChI is InChI=1S/C22H26N2O4/c1-26-21-11-16(4-7-20(21)28-19-8-10-27-15-19)13-24(22(25)18-5-6-18)14-17-3-2-9-23-12-17/h2-4,7,9,11-12,18-19H,5-6,8,10,13-15H2,1H3/t19-/m1/s1. The Balaban J connectivity index is 1.49. The van der Waals surface area contributed by atoms with Gasteiger partial charge in [-0.1, -0.05) is 12.1 Å². The van der Waals surface area contributed by atoms with E-state index in [4.69, 9.17) is 14.2 Å². The number of carbonyl (C=O) groups is 1. The van der Waals surface area contributed by atoms with Crippen molar-refractivity contribution in [3.8, 4) is 11.5 Å². The molecular weight excluding hydrogens is 356 g/mol. The lowest BCUT2D eigenvalue weighted by molar-refractivity contribution is -0.133. The van der Waals surface area contributed by atoms with Crippen LogP contribution < -0.4 is 9.47 Å². The quantitative estimate of drug-likeness (QED) is 0.702. The van der Waals surface area contributed by atoms with Crippen molar-refractivity contribution in [1.82, 2.24) is 9.88 Å². The van der Waals surface area contributed by atoms with Crippen LogP contribution in [0.25, 0.3) is 0 Å². The second kappa shape index (κ2) is 8.61. The molecule has 2 heterocycles. The van der Waals surface area contributed by atoms with Gasteiger partial charge in [0.15, 0.2) is 11.5 Å². The van der Waals surface area contributed by atoms with E-state index in [1.54, 1.807) is 13.3 Å². The van der Waals surface area contributed by atoms with E-state index in [1.165, 1.54) is 0 Å². The molecule has 0 spiro atoms. The van der Waals surface area contributed by atoms with Crippen molar-refractivity contribution >= 4 is 5.91 Å². The molecule has 1 aliphatic heterocycles. The highest BCUT2D eigenvalue weighted by atomic mass is 16.6. The predicted molar refractivity (Wildman–Crippen MR) is 104 cm³/mol. The minimum atomic E-state index is 0.0678. The molecule has 6 heteroatoms. The highest BCUT2D eigenvalue weighted by Crippen LogP contribution is 2.34. The number of amides is 1. The molecule has 1 atom stereocenters. The molecule has 0 N–H and O–H groups in total. The number of hydrogen-bond acceptors (Lipinski definition) is 5. The molecule has 1 amide bonds. The normalized spacial score (nSPS) is 18.7. The maximum Gasteiger partial charge on any atom is 0.226 e. The number of pyridine rings is 1. The summed E-state index contributed by atoms with van der Waals surface area (Å²) in [5, 5.41) is 0. The first kappa shape index (κ1) is 18.7. The molecule has 1 saturated heterocycles. The van der Waals surface area contributed by atoms with Gasteiger partial charge in [0.25, 0.3) is 0 Å². The van der Waals surface area contributed by atoms with Crippen LogP contribution in [-0.4, -0.2) is 42.2 Å². The van der Waals surface area contributed by atoms with E-state index >= 15 is 0 Å². The van der Waals surface area contributed by atoms with Gasteiger partial charge in [-0.25, -0.2) is 0 Å². The number of ether oxygens (including phenoxy) is 3. The molecule has 2 aliphatic rings. The van der Waals surface area contributed by atoms with Crippen molar-refractivity contribution in [2.24, 2.45) is 5.92 Å². The summed E-state index contributed by atoms with van der Waals surface area (Å²) in [7, 11) is 1.64. The molecule has 148 valence electrons. The Morgan fingerprint density at radius 1 is 1.18 bits per heavy atom. The van der Waals surface area contributed by atoms with Crippen LogP contribution in [0.15, 0.2) is 42.7 Å². The predicted octanol–water partition coefficient (Wildman–Crippen LogP) is 3.20. The zero-order valence-electron chi connectivity index (χ0n) is 16.2. The van der Waals surface area contributed by atoms with Crippen LogP contribution in [0.4, 0.5) is 0 Å². The maximum absolute atomic E-state index is 12.8. The molecule has 6 nitrogen and oxygen atoms in total. The number of rotatable bonds is 8. The van der Waals surface area contributed by atoms with Crippen molar-refractivity contribution in [3.05, 3.63) is 53.9 Å². The SMILES string of the molecule is COc1cc(CN(Cc2cccnc2)C(=O)C2CC2)ccc1O[C@@H]1CCOC1. The Kier molecular flexibility index (Phi) is 5.76. The largest absolute Gasteiger partial charge is 0.493 e. The van der Waals surface area contributed by atoms with E-state index in [2.05, 4.69) is 4.98 Å². The summed E-state index contributed by atoms with van der Waals surface area (Å²) in [4.78, 5) is 18.9. The van der Waals surface area contributed by atoms with E-state index in [1.807, 2.05) is 41.4 Å². The van der Waals surface area contributed by atoms with Crippen molar-refractivity contribution in [3.63, 3.8) is 0 Å². The van der Waals surface area contributed by atoms with E-state index in [0.717, 1.165) is 37.0 Å². The van der Waals surface area contributed by atoms with Crippen molar-refractivity contribution in [1.29, 1.82) is 0 Å². The van der Waals surface area contributed by atoms with Crippen LogP contribution in [0.5, 0.6) is 11.5 Å². The zero-order valence-corrected chi connectivity index (χ0v) is 16.2. The van der Waals surface area contributed by atoms with E-state index < -0.39 is 0 Å². The van der Waals surface area contributed by atoms with Crippen molar-refractivity contribution < 1.29 is 19.0 Å². The maximum atomic E-state index is 12.8. The molecule has 2 fully saturated rings. The third-order valence-corrected chi connectivity index (χ3v) is 5.12. The average molecular weight is 382 g/mol. The topological polar surface area (TPSA) is 60.9 Å². The molecule has 0 unspecified atom stereocenters. The lowest BCUT2D eigenvalue weighted by atomic mass is 10.1. The van der Waals surface area contributed by atoms with Gasteiger partial charge < -0.3 is 19.1 Å². The van der Waals surface area contributed by atoms with Gasteiger partial charge in [0.2, 0.25) is 5.91 Å². The Morgan fingerprint density at radius 2 is 2.04 bits per heavy atom. The fourth-order valence-electron chi connectivity index (χ4n) is 3.43. The molecule has 4 rings (SSSR count). The first-order valence-electron chi connectivity index (χ1n) is 9.82. The summed E-state index contributed by atoms with van der Waals surface area (Å²) in [6.45, 7) is 2.44. The Morgan fingerprint density at radius 3 is 2.71 bits per heavy atom. The summed E-state index contributed by atoms with van der Waals surface area (Å²) in [6, 6.07) is 9.79. The number of benzene rings is 1. The molecule has 1 aromatic heterocycles. The summed E-state index contributed by atoms with van der Waals surface area (Å²) < 4.78 is 16.9. The molecule has 2 aromatic rings. The first-order valence-corrected chi connectivity index (χ1v) is 9.82. The number of nitrogens with zero attached hydrogens (tertiary/aromatic N) is 2. The number of hydrogen-bond donors (Lipinski definition) is 0. The lowest BCUT2D eigenvalue weighted by Gasteiger charge is -2.24. The van der Waals surface area contributed by atoms with Crippen molar-refractivity contribution in [2.45, 2.75) is 38.5 Å². The molecule has 1 aliphatic carbocycles. The molecule has 1 aromatic carbocycles. The molecular formula is C22H26N2O4. The van der Waals surface area contributed by atoms with Gasteiger partial charge >= 0.3 is 0 Å². The van der Waals surface area contributed by atoms with Gasteiger partial charge in [-0.3, -0.25) is 9.78 Å². The second-order valence-corrected chi connectivity index (χ2v) is 7.42. The third kappa shape index (κ3) is 4.62. The zero-order chi connectivity index (χ0) is 19.3. The van der Waals surface area contributed by atoms with Gasteiger partial charge in [-0.2, -0.15) is 0 Å². The fourth-order valence-corrected chi connectivity index (χ4v) is 3.43. The van der Waals surface area contributed by atoms with E-state index in [-0.39, 0.29) is 17.9 Å². The second-order valence-electron chi connectivity index (χ2n) is 7.42. The number of aromatic nitrogens is 1. The number of methoxy groups -OCH3 is 1. The molecule has 28 heavy (non-hydrogen) atoms. The van der Waals surface area contributed by atoms with Gasteiger partial charge in [0.1, 0.15) is 6.10 Å². The summed E-state index contributed by atoms with van der Waals surface area (Å²) in [6.07, 6.45) is 6.49. The van der Waals surface area contributed by atoms with Crippen molar-refractivity contribution in [2.75, 3.05) is 20.3 Å². The fraction of sp³-hybridized carbons (Fsp3) is 0.455. The van der Waals surface area contributed by atoms with Gasteiger partial charge in [0, 0.05) is 37.8 Å². The summed E-state index contributed by atoms with van der Waals surface area (Å²) >= 11 is 0. The lowest BCUT2D eigenvalue weighted by Crippen LogP contribution is -2.31. The molecule has 1 saturated carbocycles. The third-order valence-electron chi connectivity index (χ3n) is 5.12. The highest BCUT2D eigenvalue weighted by molar-refractivity contribution is 5.81. The van der Waals surface area contributed by atoms with Crippen LogP contribution in [0.2, 0.25) is 0 Å².